The summed E-state index contributed by atoms with van der Waals surface area (Å²) < 4.78 is 6.38. The largest absolute Gasteiger partial charge is 0.490 e. The van der Waals surface area contributed by atoms with E-state index in [1.165, 1.54) is 68.6 Å². The highest BCUT2D eigenvalue weighted by molar-refractivity contribution is 5.62. The Morgan fingerprint density at radius 3 is 2.50 bits per heavy atom. The number of benzene rings is 1. The van der Waals surface area contributed by atoms with Gasteiger partial charge in [-0.2, -0.15) is 0 Å². The van der Waals surface area contributed by atoms with E-state index in [-0.39, 0.29) is 0 Å². The fourth-order valence-electron chi connectivity index (χ4n) is 4.29. The van der Waals surface area contributed by atoms with Crippen LogP contribution in [0, 0.1) is 0 Å². The van der Waals surface area contributed by atoms with Gasteiger partial charge < -0.3 is 15.0 Å². The van der Waals surface area contributed by atoms with Crippen molar-refractivity contribution < 1.29 is 4.74 Å². The Kier molecular flexibility index (Phi) is 4.24. The molecular weight excluding hydrogens is 272 g/mol. The van der Waals surface area contributed by atoms with Crippen LogP contribution in [0.4, 0.5) is 5.69 Å². The Bertz CT molecular complexity index is 516. The predicted molar refractivity (Wildman–Crippen MR) is 91.1 cm³/mol. The fraction of sp³-hybridized carbons (Fsp3) is 0.684. The van der Waals surface area contributed by atoms with Crippen molar-refractivity contribution in [2.75, 3.05) is 31.1 Å². The summed E-state index contributed by atoms with van der Waals surface area (Å²) >= 11 is 0. The maximum atomic E-state index is 6.38. The number of fused-ring (bicyclic) bond motifs is 1. The van der Waals surface area contributed by atoms with Gasteiger partial charge in [0.15, 0.2) is 0 Å². The molecule has 0 saturated carbocycles. The summed E-state index contributed by atoms with van der Waals surface area (Å²) in [5.41, 5.74) is 4.61. The summed E-state index contributed by atoms with van der Waals surface area (Å²) in [6, 6.07) is 4.60. The van der Waals surface area contributed by atoms with Crippen LogP contribution in [0.3, 0.4) is 0 Å². The van der Waals surface area contributed by atoms with Crippen LogP contribution < -0.4 is 15.0 Å². The number of rotatable bonds is 3. The lowest BCUT2D eigenvalue weighted by atomic mass is 10.0. The molecule has 1 N–H and O–H groups in total. The van der Waals surface area contributed by atoms with Crippen LogP contribution in [0.1, 0.15) is 49.7 Å². The summed E-state index contributed by atoms with van der Waals surface area (Å²) in [5.74, 6) is 1.18. The van der Waals surface area contributed by atoms with E-state index in [1.807, 2.05) is 0 Å². The van der Waals surface area contributed by atoms with Gasteiger partial charge >= 0.3 is 0 Å². The van der Waals surface area contributed by atoms with Gasteiger partial charge in [0.25, 0.3) is 0 Å². The van der Waals surface area contributed by atoms with Crippen molar-refractivity contribution in [3.8, 4) is 5.75 Å². The van der Waals surface area contributed by atoms with Crippen molar-refractivity contribution in [3.05, 3.63) is 23.3 Å². The van der Waals surface area contributed by atoms with Crippen molar-refractivity contribution >= 4 is 5.69 Å². The molecule has 4 rings (SSSR count). The molecule has 0 radical (unpaired) electrons. The van der Waals surface area contributed by atoms with Crippen LogP contribution in [-0.2, 0) is 12.8 Å². The number of hydrogen-bond donors (Lipinski definition) is 1. The van der Waals surface area contributed by atoms with E-state index in [0.717, 1.165) is 25.9 Å². The summed E-state index contributed by atoms with van der Waals surface area (Å²) in [6.07, 6.45) is 10.5. The smallest absolute Gasteiger partial charge is 0.123 e. The molecule has 22 heavy (non-hydrogen) atoms. The number of nitrogens with zero attached hydrogens (tertiary/aromatic N) is 1. The summed E-state index contributed by atoms with van der Waals surface area (Å²) in [6.45, 7) is 4.67. The second kappa shape index (κ2) is 6.49. The van der Waals surface area contributed by atoms with Crippen LogP contribution >= 0.6 is 0 Å². The average Bonchev–Trinajstić information content (AvgIpc) is 3.07. The first kappa shape index (κ1) is 14.4. The van der Waals surface area contributed by atoms with Crippen LogP contribution in [0.15, 0.2) is 12.1 Å². The van der Waals surface area contributed by atoms with Gasteiger partial charge in [0, 0.05) is 18.8 Å². The molecular formula is C19H28N2O. The molecule has 0 unspecified atom stereocenters. The Morgan fingerprint density at radius 2 is 1.68 bits per heavy atom. The summed E-state index contributed by atoms with van der Waals surface area (Å²) in [4.78, 5) is 2.61. The number of anilines is 1. The van der Waals surface area contributed by atoms with Crippen LogP contribution in [0.25, 0.3) is 0 Å². The Morgan fingerprint density at radius 1 is 0.909 bits per heavy atom. The summed E-state index contributed by atoms with van der Waals surface area (Å²) in [5, 5.41) is 3.42. The van der Waals surface area contributed by atoms with Gasteiger partial charge in [-0.25, -0.2) is 0 Å². The van der Waals surface area contributed by atoms with E-state index in [1.54, 1.807) is 5.56 Å². The van der Waals surface area contributed by atoms with Crippen molar-refractivity contribution in [2.45, 2.75) is 57.5 Å². The average molecular weight is 300 g/mol. The third kappa shape index (κ3) is 2.83. The second-order valence-electron chi connectivity index (χ2n) is 7.01. The monoisotopic (exact) mass is 300 g/mol. The molecule has 2 saturated heterocycles. The van der Waals surface area contributed by atoms with E-state index < -0.39 is 0 Å². The lowest BCUT2D eigenvalue weighted by molar-refractivity contribution is 0.161. The van der Waals surface area contributed by atoms with Gasteiger partial charge in [-0.3, -0.25) is 0 Å². The minimum atomic E-state index is 0.409. The Hall–Kier alpha value is -1.22. The van der Waals surface area contributed by atoms with E-state index in [2.05, 4.69) is 22.3 Å². The molecule has 2 heterocycles. The quantitative estimate of drug-likeness (QED) is 0.927. The van der Waals surface area contributed by atoms with E-state index >= 15 is 0 Å². The van der Waals surface area contributed by atoms with Crippen molar-refractivity contribution in [2.24, 2.45) is 0 Å². The zero-order valence-electron chi connectivity index (χ0n) is 13.6. The lowest BCUT2D eigenvalue weighted by Gasteiger charge is -2.31. The fourth-order valence-corrected chi connectivity index (χ4v) is 4.29. The Balaban J connectivity index is 1.57. The van der Waals surface area contributed by atoms with Gasteiger partial charge in [-0.05, 0) is 87.7 Å². The predicted octanol–water partition coefficient (Wildman–Crippen LogP) is 3.30. The third-order valence-electron chi connectivity index (χ3n) is 5.49. The first-order valence-corrected chi connectivity index (χ1v) is 9.19. The molecule has 1 aliphatic carbocycles. The van der Waals surface area contributed by atoms with Gasteiger partial charge in [-0.1, -0.05) is 0 Å². The molecule has 1 aromatic rings. The highest BCUT2D eigenvalue weighted by Gasteiger charge is 2.25. The van der Waals surface area contributed by atoms with E-state index in [0.29, 0.717) is 6.10 Å². The molecule has 0 spiro atoms. The Labute approximate surface area is 134 Å². The number of hydrogen-bond acceptors (Lipinski definition) is 3. The minimum absolute atomic E-state index is 0.409. The van der Waals surface area contributed by atoms with Crippen molar-refractivity contribution in [1.82, 2.24) is 5.32 Å². The van der Waals surface area contributed by atoms with Crippen LogP contribution in [-0.4, -0.2) is 32.3 Å². The number of nitrogens with one attached hydrogen (secondary N) is 1. The van der Waals surface area contributed by atoms with E-state index in [9.17, 15) is 0 Å². The minimum Gasteiger partial charge on any atom is -0.490 e. The number of piperidine rings is 2. The number of ether oxygens (including phenoxy) is 1. The molecule has 1 aromatic carbocycles. The van der Waals surface area contributed by atoms with Crippen LogP contribution in [0.2, 0.25) is 0 Å². The first-order valence-electron chi connectivity index (χ1n) is 9.19. The molecule has 120 valence electrons. The highest BCUT2D eigenvalue weighted by Crippen LogP contribution is 2.39. The van der Waals surface area contributed by atoms with Gasteiger partial charge in [0.05, 0.1) is 0 Å². The molecule has 3 heteroatoms. The topological polar surface area (TPSA) is 24.5 Å². The zero-order chi connectivity index (χ0) is 14.8. The standard InChI is InChI=1S/C19H28N2O/c1-2-13-21(14-3-1)18-7-8-19(17-6-4-5-16(17)18)22-15-9-11-20-12-10-15/h7-8,15,20H,1-6,9-14H2. The van der Waals surface area contributed by atoms with Gasteiger partial charge in [0.1, 0.15) is 11.9 Å². The normalized spacial score (nSPS) is 22.6. The van der Waals surface area contributed by atoms with Gasteiger partial charge in [-0.15, -0.1) is 0 Å². The van der Waals surface area contributed by atoms with Crippen LogP contribution in [0.5, 0.6) is 5.75 Å². The molecule has 0 aromatic heterocycles. The zero-order valence-corrected chi connectivity index (χ0v) is 13.6. The van der Waals surface area contributed by atoms with Crippen molar-refractivity contribution in [3.63, 3.8) is 0 Å². The maximum Gasteiger partial charge on any atom is 0.123 e. The molecule has 2 aliphatic heterocycles. The molecule has 0 bridgehead atoms. The SMILES string of the molecule is c1cc(N2CCCCC2)c2c(c1OC1CCNCC1)CCC2. The lowest BCUT2D eigenvalue weighted by Crippen LogP contribution is -2.34. The molecule has 0 amide bonds. The van der Waals surface area contributed by atoms with E-state index in [4.69, 9.17) is 4.74 Å². The van der Waals surface area contributed by atoms with Crippen molar-refractivity contribution in [1.29, 1.82) is 0 Å². The molecule has 3 aliphatic rings. The highest BCUT2D eigenvalue weighted by atomic mass is 16.5. The second-order valence-corrected chi connectivity index (χ2v) is 7.01. The molecule has 0 atom stereocenters. The molecule has 2 fully saturated rings. The molecule has 3 nitrogen and oxygen atoms in total. The first-order chi connectivity index (χ1) is 10.9. The van der Waals surface area contributed by atoms with Gasteiger partial charge in [0.2, 0.25) is 0 Å². The maximum absolute atomic E-state index is 6.38. The summed E-state index contributed by atoms with van der Waals surface area (Å²) in [7, 11) is 0. The third-order valence-corrected chi connectivity index (χ3v) is 5.49.